The molecule has 2 nitrogen and oxygen atoms in total. The fourth-order valence-corrected chi connectivity index (χ4v) is 3.50. The van der Waals surface area contributed by atoms with Crippen LogP contribution in [0.15, 0.2) is 24.3 Å². The number of ether oxygens (including phenoxy) is 1. The van der Waals surface area contributed by atoms with Crippen LogP contribution in [0.25, 0.3) is 0 Å². The van der Waals surface area contributed by atoms with Crippen molar-refractivity contribution in [3.8, 4) is 0 Å². The van der Waals surface area contributed by atoms with E-state index in [9.17, 15) is 0 Å². The second kappa shape index (κ2) is 7.24. The number of hydrogen-bond donors (Lipinski definition) is 1. The topological polar surface area (TPSA) is 21.3 Å². The van der Waals surface area contributed by atoms with E-state index in [1.807, 2.05) is 7.11 Å². The number of likely N-dealkylation sites (N-methyl/N-ethyl adjacent to an activating group) is 1. The predicted octanol–water partition coefficient (Wildman–Crippen LogP) is 3.86. The number of hydrogen-bond acceptors (Lipinski definition) is 2. The van der Waals surface area contributed by atoms with Crippen molar-refractivity contribution in [2.45, 2.75) is 64.0 Å². The first-order valence-electron chi connectivity index (χ1n) is 8.04. The van der Waals surface area contributed by atoms with Gasteiger partial charge in [0.2, 0.25) is 0 Å². The van der Waals surface area contributed by atoms with Gasteiger partial charge in [-0.1, -0.05) is 56.0 Å². The van der Waals surface area contributed by atoms with Crippen LogP contribution in [-0.2, 0) is 11.2 Å². The van der Waals surface area contributed by atoms with Gasteiger partial charge in [-0.2, -0.15) is 0 Å². The van der Waals surface area contributed by atoms with Gasteiger partial charge >= 0.3 is 0 Å². The van der Waals surface area contributed by atoms with Crippen LogP contribution in [0.4, 0.5) is 0 Å². The highest BCUT2D eigenvalue weighted by molar-refractivity contribution is 5.23. The zero-order valence-corrected chi connectivity index (χ0v) is 13.2. The van der Waals surface area contributed by atoms with E-state index in [-0.39, 0.29) is 5.60 Å². The van der Waals surface area contributed by atoms with E-state index in [4.69, 9.17) is 4.74 Å². The summed E-state index contributed by atoms with van der Waals surface area (Å²) in [5, 5.41) is 3.68. The van der Waals surface area contributed by atoms with Crippen molar-refractivity contribution in [3.05, 3.63) is 35.4 Å². The molecule has 1 unspecified atom stereocenters. The Kier molecular flexibility index (Phi) is 5.62. The van der Waals surface area contributed by atoms with Gasteiger partial charge in [-0.15, -0.1) is 0 Å². The molecule has 0 saturated heterocycles. The lowest BCUT2D eigenvalue weighted by Crippen LogP contribution is -2.54. The van der Waals surface area contributed by atoms with Crippen LogP contribution in [0.1, 0.15) is 50.2 Å². The van der Waals surface area contributed by atoms with Crippen molar-refractivity contribution in [1.29, 1.82) is 0 Å². The Morgan fingerprint density at radius 1 is 1.15 bits per heavy atom. The van der Waals surface area contributed by atoms with Gasteiger partial charge in [0, 0.05) is 13.2 Å². The van der Waals surface area contributed by atoms with Gasteiger partial charge in [-0.05, 0) is 38.3 Å². The largest absolute Gasteiger partial charge is 0.377 e. The van der Waals surface area contributed by atoms with Crippen LogP contribution in [0.2, 0.25) is 0 Å². The summed E-state index contributed by atoms with van der Waals surface area (Å²) in [5.41, 5.74) is 2.76. The van der Waals surface area contributed by atoms with Crippen LogP contribution in [0.5, 0.6) is 0 Å². The SMILES string of the molecule is CCNC(Cc1ccc(C)cc1)C1(OC)CCCCC1. The molecule has 2 rings (SSSR count). The summed E-state index contributed by atoms with van der Waals surface area (Å²) in [4.78, 5) is 0. The van der Waals surface area contributed by atoms with Crippen LogP contribution >= 0.6 is 0 Å². The molecule has 2 heteroatoms. The fraction of sp³-hybridized carbons (Fsp3) is 0.667. The maximum Gasteiger partial charge on any atom is 0.0834 e. The second-order valence-electron chi connectivity index (χ2n) is 6.13. The van der Waals surface area contributed by atoms with E-state index in [1.165, 1.54) is 43.2 Å². The third-order valence-corrected chi connectivity index (χ3v) is 4.75. The first-order chi connectivity index (χ1) is 9.70. The van der Waals surface area contributed by atoms with Crippen LogP contribution in [0, 0.1) is 6.92 Å². The molecule has 0 bridgehead atoms. The van der Waals surface area contributed by atoms with E-state index in [0.29, 0.717) is 6.04 Å². The number of aryl methyl sites for hydroxylation is 1. The normalized spacial score (nSPS) is 19.8. The molecule has 1 N–H and O–H groups in total. The molecule has 0 spiro atoms. The van der Waals surface area contributed by atoms with E-state index < -0.39 is 0 Å². The lowest BCUT2D eigenvalue weighted by molar-refractivity contribution is -0.0669. The lowest BCUT2D eigenvalue weighted by atomic mass is 9.77. The zero-order chi connectivity index (χ0) is 14.4. The number of benzene rings is 1. The van der Waals surface area contributed by atoms with Gasteiger partial charge in [-0.25, -0.2) is 0 Å². The molecular weight excluding hydrogens is 246 g/mol. The fourth-order valence-electron chi connectivity index (χ4n) is 3.50. The summed E-state index contributed by atoms with van der Waals surface area (Å²) in [6.45, 7) is 5.33. The predicted molar refractivity (Wildman–Crippen MR) is 85.2 cm³/mol. The highest BCUT2D eigenvalue weighted by atomic mass is 16.5. The van der Waals surface area contributed by atoms with Gasteiger partial charge < -0.3 is 10.1 Å². The van der Waals surface area contributed by atoms with Crippen molar-refractivity contribution >= 4 is 0 Å². The minimum atomic E-state index is 0.0269. The van der Waals surface area contributed by atoms with Crippen molar-refractivity contribution in [2.75, 3.05) is 13.7 Å². The lowest BCUT2D eigenvalue weighted by Gasteiger charge is -2.43. The summed E-state index contributed by atoms with van der Waals surface area (Å²) in [7, 11) is 1.89. The Hall–Kier alpha value is -0.860. The number of rotatable bonds is 6. The second-order valence-corrected chi connectivity index (χ2v) is 6.13. The Bertz CT molecular complexity index is 392. The van der Waals surface area contributed by atoms with Gasteiger partial charge in [0.1, 0.15) is 0 Å². The molecule has 1 saturated carbocycles. The van der Waals surface area contributed by atoms with Gasteiger partial charge in [0.05, 0.1) is 5.60 Å². The zero-order valence-electron chi connectivity index (χ0n) is 13.2. The van der Waals surface area contributed by atoms with Gasteiger partial charge in [-0.3, -0.25) is 0 Å². The molecule has 1 aliphatic carbocycles. The van der Waals surface area contributed by atoms with Gasteiger partial charge in [0.15, 0.2) is 0 Å². The average molecular weight is 275 g/mol. The van der Waals surface area contributed by atoms with E-state index in [2.05, 4.69) is 43.4 Å². The first-order valence-corrected chi connectivity index (χ1v) is 8.04. The average Bonchev–Trinajstić information content (AvgIpc) is 2.49. The molecule has 0 radical (unpaired) electrons. The van der Waals surface area contributed by atoms with Crippen molar-refractivity contribution < 1.29 is 4.74 Å². The summed E-state index contributed by atoms with van der Waals surface area (Å²) < 4.78 is 6.03. The van der Waals surface area contributed by atoms with Crippen LogP contribution in [0.3, 0.4) is 0 Å². The number of nitrogens with one attached hydrogen (secondary N) is 1. The Balaban J connectivity index is 2.14. The van der Waals surface area contributed by atoms with Crippen LogP contribution in [-0.4, -0.2) is 25.3 Å². The minimum Gasteiger partial charge on any atom is -0.377 e. The highest BCUT2D eigenvalue weighted by Gasteiger charge is 2.39. The van der Waals surface area contributed by atoms with E-state index in [1.54, 1.807) is 0 Å². The van der Waals surface area contributed by atoms with E-state index in [0.717, 1.165) is 13.0 Å². The molecule has 1 aliphatic rings. The molecule has 20 heavy (non-hydrogen) atoms. The summed E-state index contributed by atoms with van der Waals surface area (Å²) in [6.07, 6.45) is 7.38. The molecule has 0 heterocycles. The highest BCUT2D eigenvalue weighted by Crippen LogP contribution is 2.35. The Morgan fingerprint density at radius 3 is 2.35 bits per heavy atom. The van der Waals surface area contributed by atoms with Crippen molar-refractivity contribution in [1.82, 2.24) is 5.32 Å². The molecule has 0 aliphatic heterocycles. The third kappa shape index (κ3) is 3.62. The maximum absolute atomic E-state index is 6.03. The summed E-state index contributed by atoms with van der Waals surface area (Å²) in [5.74, 6) is 0. The van der Waals surface area contributed by atoms with Crippen LogP contribution < -0.4 is 5.32 Å². The molecule has 1 fully saturated rings. The monoisotopic (exact) mass is 275 g/mol. The van der Waals surface area contributed by atoms with Crippen molar-refractivity contribution in [3.63, 3.8) is 0 Å². The molecule has 0 amide bonds. The smallest absolute Gasteiger partial charge is 0.0834 e. The molecule has 1 aromatic carbocycles. The molecule has 1 atom stereocenters. The summed E-state index contributed by atoms with van der Waals surface area (Å²) in [6, 6.07) is 9.34. The third-order valence-electron chi connectivity index (χ3n) is 4.75. The van der Waals surface area contributed by atoms with Crippen molar-refractivity contribution in [2.24, 2.45) is 0 Å². The summed E-state index contributed by atoms with van der Waals surface area (Å²) >= 11 is 0. The molecule has 0 aromatic heterocycles. The molecular formula is C18H29NO. The van der Waals surface area contributed by atoms with E-state index >= 15 is 0 Å². The number of methoxy groups -OCH3 is 1. The standard InChI is InChI=1S/C18H29NO/c1-4-19-17(14-16-10-8-15(2)9-11-16)18(20-3)12-6-5-7-13-18/h8-11,17,19H,4-7,12-14H2,1-3H3. The molecule has 1 aromatic rings. The Labute approximate surface area is 123 Å². The maximum atomic E-state index is 6.03. The first kappa shape index (κ1) is 15.5. The quantitative estimate of drug-likeness (QED) is 0.851. The Morgan fingerprint density at radius 2 is 1.80 bits per heavy atom. The molecule has 112 valence electrons. The minimum absolute atomic E-state index is 0.0269. The van der Waals surface area contributed by atoms with Gasteiger partial charge in [0.25, 0.3) is 0 Å².